The van der Waals surface area contributed by atoms with Crippen molar-refractivity contribution in [3.63, 3.8) is 0 Å². The van der Waals surface area contributed by atoms with Gasteiger partial charge in [0.1, 0.15) is 0 Å². The lowest BCUT2D eigenvalue weighted by atomic mass is 10.1. The van der Waals surface area contributed by atoms with E-state index in [0.717, 1.165) is 25.7 Å². The summed E-state index contributed by atoms with van der Waals surface area (Å²) < 4.78 is 10.6. The zero-order valence-corrected chi connectivity index (χ0v) is 20.4. The number of hydrogen-bond donors (Lipinski definition) is 0. The fourth-order valence-corrected chi connectivity index (χ4v) is 3.61. The van der Waals surface area contributed by atoms with Gasteiger partial charge in [0.2, 0.25) is 0 Å². The van der Waals surface area contributed by atoms with Gasteiger partial charge >= 0.3 is 11.9 Å². The molecule has 0 radical (unpaired) electrons. The Labute approximate surface area is 186 Å². The molecule has 0 saturated carbocycles. The molecule has 0 amide bonds. The van der Waals surface area contributed by atoms with Gasteiger partial charge in [0.05, 0.1) is 25.6 Å². The van der Waals surface area contributed by atoms with Crippen molar-refractivity contribution in [2.75, 3.05) is 6.61 Å². The minimum atomic E-state index is -0.288. The van der Waals surface area contributed by atoms with Crippen molar-refractivity contribution in [3.8, 4) is 0 Å². The molecule has 178 valence electrons. The Morgan fingerprint density at radius 1 is 0.600 bits per heavy atom. The fraction of sp³-hybridized carbons (Fsp3) is 0.923. The summed E-state index contributed by atoms with van der Waals surface area (Å²) in [7, 11) is 0. The Kier molecular flexibility index (Phi) is 21.8. The van der Waals surface area contributed by atoms with Crippen LogP contribution in [0.4, 0.5) is 0 Å². The molecule has 1 atom stereocenters. The van der Waals surface area contributed by atoms with E-state index in [9.17, 15) is 9.59 Å². The van der Waals surface area contributed by atoms with Gasteiger partial charge in [-0.2, -0.15) is 0 Å². The van der Waals surface area contributed by atoms with Crippen LogP contribution in [0.3, 0.4) is 0 Å². The van der Waals surface area contributed by atoms with Crippen molar-refractivity contribution in [2.24, 2.45) is 0 Å². The van der Waals surface area contributed by atoms with Gasteiger partial charge in [0.15, 0.2) is 0 Å². The lowest BCUT2D eigenvalue weighted by Crippen LogP contribution is -2.16. The van der Waals surface area contributed by atoms with E-state index in [1.165, 1.54) is 83.5 Å². The topological polar surface area (TPSA) is 52.6 Å². The monoisotopic (exact) mass is 426 g/mol. The van der Waals surface area contributed by atoms with Crippen LogP contribution in [0, 0.1) is 0 Å². The maximum atomic E-state index is 11.9. The molecule has 0 saturated heterocycles. The van der Waals surface area contributed by atoms with E-state index in [4.69, 9.17) is 9.47 Å². The van der Waals surface area contributed by atoms with E-state index >= 15 is 0 Å². The minimum Gasteiger partial charge on any atom is -0.466 e. The van der Waals surface area contributed by atoms with Crippen molar-refractivity contribution < 1.29 is 19.1 Å². The molecule has 0 heterocycles. The number of ether oxygens (including phenoxy) is 2. The molecule has 1 unspecified atom stereocenters. The van der Waals surface area contributed by atoms with E-state index in [1.807, 2.05) is 6.92 Å². The number of esters is 2. The molecule has 0 rings (SSSR count). The fourth-order valence-electron chi connectivity index (χ4n) is 3.61. The summed E-state index contributed by atoms with van der Waals surface area (Å²) >= 11 is 0. The van der Waals surface area contributed by atoms with Gasteiger partial charge in [-0.1, -0.05) is 104 Å². The first kappa shape index (κ1) is 28.9. The Balaban J connectivity index is 3.45. The predicted octanol–water partition coefficient (Wildman–Crippen LogP) is 7.91. The number of carbonyl (C=O) groups excluding carboxylic acids is 2. The molecule has 0 aliphatic heterocycles. The summed E-state index contributed by atoms with van der Waals surface area (Å²) in [6.07, 6.45) is 21.1. The second-order valence-corrected chi connectivity index (χ2v) is 8.76. The molecule has 0 bridgehead atoms. The summed E-state index contributed by atoms with van der Waals surface area (Å²) in [6, 6.07) is 0. The van der Waals surface area contributed by atoms with Crippen LogP contribution < -0.4 is 0 Å². The van der Waals surface area contributed by atoms with E-state index < -0.39 is 0 Å². The predicted molar refractivity (Wildman–Crippen MR) is 126 cm³/mol. The van der Waals surface area contributed by atoms with Crippen molar-refractivity contribution in [2.45, 2.75) is 149 Å². The van der Waals surface area contributed by atoms with Gasteiger partial charge in [-0.05, 0) is 26.2 Å². The highest BCUT2D eigenvalue weighted by Crippen LogP contribution is 2.12. The molecule has 0 aliphatic carbocycles. The van der Waals surface area contributed by atoms with Crippen molar-refractivity contribution >= 4 is 11.9 Å². The van der Waals surface area contributed by atoms with Gasteiger partial charge in [-0.3, -0.25) is 9.59 Å². The Hall–Kier alpha value is -1.06. The van der Waals surface area contributed by atoms with Crippen LogP contribution in [0.15, 0.2) is 0 Å². The normalized spacial score (nSPS) is 12.0. The quantitative estimate of drug-likeness (QED) is 0.130. The average molecular weight is 427 g/mol. The van der Waals surface area contributed by atoms with Crippen LogP contribution in [-0.4, -0.2) is 24.6 Å². The van der Waals surface area contributed by atoms with Crippen LogP contribution in [0.1, 0.15) is 143 Å². The Bertz CT molecular complexity index is 394. The largest absolute Gasteiger partial charge is 0.466 e. The smallest absolute Gasteiger partial charge is 0.306 e. The van der Waals surface area contributed by atoms with Gasteiger partial charge in [0.25, 0.3) is 0 Å². The number of hydrogen-bond acceptors (Lipinski definition) is 4. The molecular weight excluding hydrogens is 376 g/mol. The van der Waals surface area contributed by atoms with Gasteiger partial charge in [-0.25, -0.2) is 0 Å². The number of unbranched alkanes of at least 4 members (excludes halogenated alkanes) is 14. The molecule has 0 aliphatic rings. The molecule has 4 nitrogen and oxygen atoms in total. The van der Waals surface area contributed by atoms with Crippen LogP contribution in [0.5, 0.6) is 0 Å². The van der Waals surface area contributed by atoms with Crippen LogP contribution in [0.25, 0.3) is 0 Å². The molecular formula is C26H50O4. The first-order chi connectivity index (χ1) is 14.6. The third-order valence-corrected chi connectivity index (χ3v) is 5.59. The second kappa shape index (κ2) is 22.6. The zero-order valence-electron chi connectivity index (χ0n) is 20.4. The highest BCUT2D eigenvalue weighted by molar-refractivity contribution is 5.77. The van der Waals surface area contributed by atoms with Crippen molar-refractivity contribution in [3.05, 3.63) is 0 Å². The zero-order chi connectivity index (χ0) is 22.3. The summed E-state index contributed by atoms with van der Waals surface area (Å²) in [5.74, 6) is -0.573. The maximum absolute atomic E-state index is 11.9. The van der Waals surface area contributed by atoms with E-state index in [-0.39, 0.29) is 30.9 Å². The summed E-state index contributed by atoms with van der Waals surface area (Å²) in [4.78, 5) is 23.6. The van der Waals surface area contributed by atoms with Gasteiger partial charge in [0, 0.05) is 0 Å². The third kappa shape index (κ3) is 21.6. The first-order valence-corrected chi connectivity index (χ1v) is 12.9. The Morgan fingerprint density at radius 2 is 1.03 bits per heavy atom. The molecule has 0 spiro atoms. The van der Waals surface area contributed by atoms with Crippen LogP contribution in [0.2, 0.25) is 0 Å². The van der Waals surface area contributed by atoms with E-state index in [0.29, 0.717) is 6.61 Å². The van der Waals surface area contributed by atoms with Crippen LogP contribution >= 0.6 is 0 Å². The molecule has 4 heteroatoms. The van der Waals surface area contributed by atoms with E-state index in [1.54, 1.807) is 0 Å². The summed E-state index contributed by atoms with van der Waals surface area (Å²) in [5, 5.41) is 0. The van der Waals surface area contributed by atoms with Crippen LogP contribution in [-0.2, 0) is 19.1 Å². The second-order valence-electron chi connectivity index (χ2n) is 8.76. The number of carbonyl (C=O) groups is 2. The van der Waals surface area contributed by atoms with Crippen molar-refractivity contribution in [1.82, 2.24) is 0 Å². The molecule has 0 aromatic carbocycles. The lowest BCUT2D eigenvalue weighted by molar-refractivity contribution is -0.153. The number of rotatable bonds is 22. The molecule has 30 heavy (non-hydrogen) atoms. The average Bonchev–Trinajstić information content (AvgIpc) is 2.73. The maximum Gasteiger partial charge on any atom is 0.306 e. The summed E-state index contributed by atoms with van der Waals surface area (Å²) in [5.41, 5.74) is 0. The lowest BCUT2D eigenvalue weighted by Gasteiger charge is -2.13. The molecule has 0 aromatic rings. The molecule has 0 N–H and O–H groups in total. The van der Waals surface area contributed by atoms with Gasteiger partial charge < -0.3 is 9.47 Å². The first-order valence-electron chi connectivity index (χ1n) is 12.9. The SMILES string of the molecule is CCCCCCCCCCCCOC(=O)CCC(=O)OC(C)CCCCCCCC. The molecule has 0 aromatic heterocycles. The highest BCUT2D eigenvalue weighted by Gasteiger charge is 2.12. The highest BCUT2D eigenvalue weighted by atomic mass is 16.5. The minimum absolute atomic E-state index is 0.0636. The molecule has 0 fully saturated rings. The summed E-state index contributed by atoms with van der Waals surface area (Å²) in [6.45, 7) is 6.87. The third-order valence-electron chi connectivity index (χ3n) is 5.59. The van der Waals surface area contributed by atoms with Gasteiger partial charge in [-0.15, -0.1) is 0 Å². The standard InChI is InChI=1S/C26H50O4/c1-4-6-8-10-12-13-14-15-17-19-23-29-25(27)21-22-26(28)30-24(3)20-18-16-11-9-7-5-2/h24H,4-23H2,1-3H3. The van der Waals surface area contributed by atoms with Crippen molar-refractivity contribution in [1.29, 1.82) is 0 Å². The Morgan fingerprint density at radius 3 is 1.57 bits per heavy atom. The van der Waals surface area contributed by atoms with E-state index in [2.05, 4.69) is 13.8 Å².